The number of carbonyl (C=O) groups excluding carboxylic acids is 3. The van der Waals surface area contributed by atoms with Gasteiger partial charge in [0.1, 0.15) is 31.0 Å². The molecule has 1 saturated carbocycles. The zero-order valence-electron chi connectivity index (χ0n) is 19.4. The molecule has 5 rings (SSSR count). The third-order valence-electron chi connectivity index (χ3n) is 7.00. The van der Waals surface area contributed by atoms with E-state index in [0.717, 1.165) is 5.56 Å². The molecule has 4 fully saturated rings. The lowest BCUT2D eigenvalue weighted by molar-refractivity contribution is -0.305. The number of rotatable bonds is 5. The molecule has 4 unspecified atom stereocenters. The van der Waals surface area contributed by atoms with E-state index in [-0.39, 0.29) is 19.6 Å². The number of carbonyl (C=O) groups is 3. The molecule has 1 aromatic rings. The van der Waals surface area contributed by atoms with Crippen LogP contribution in [0.15, 0.2) is 30.3 Å². The fourth-order valence-electron chi connectivity index (χ4n) is 5.06. The van der Waals surface area contributed by atoms with Gasteiger partial charge in [0.2, 0.25) is 0 Å². The Morgan fingerprint density at radius 1 is 1.11 bits per heavy atom. The largest absolute Gasteiger partial charge is 0.445 e. The van der Waals surface area contributed by atoms with Crippen molar-refractivity contribution in [3.63, 3.8) is 0 Å². The molecule has 0 spiro atoms. The van der Waals surface area contributed by atoms with Crippen molar-refractivity contribution in [2.75, 3.05) is 6.54 Å². The quantitative estimate of drug-likeness (QED) is 0.334. The summed E-state index contributed by atoms with van der Waals surface area (Å²) in [4.78, 5) is 36.0. The Hall–Kier alpha value is -3.13. The van der Waals surface area contributed by atoms with Gasteiger partial charge in [-0.25, -0.2) is 14.4 Å². The maximum atomic E-state index is 12.6. The van der Waals surface area contributed by atoms with Gasteiger partial charge in [0.15, 0.2) is 18.5 Å². The van der Waals surface area contributed by atoms with Crippen LogP contribution in [0.5, 0.6) is 0 Å². The predicted octanol–water partition coefficient (Wildman–Crippen LogP) is -0.261. The van der Waals surface area contributed by atoms with Crippen molar-refractivity contribution in [3.05, 3.63) is 35.9 Å². The number of nitrogens with one attached hydrogen (secondary N) is 3. The highest BCUT2D eigenvalue weighted by molar-refractivity contribution is 5.71. The van der Waals surface area contributed by atoms with Crippen LogP contribution in [-0.2, 0) is 30.3 Å². The molecular formula is C23H29N3O10. The SMILES string of the molecule is CC1[C@@H](O[C@@H]2C(NC(=O)OCc3ccccc3)C[C@H]3NC(=O)OC3[C@H]2O)OC2CNC(=O)O[C@H]2[C@@H]1O. The first-order valence-corrected chi connectivity index (χ1v) is 11.9. The highest BCUT2D eigenvalue weighted by Crippen LogP contribution is 2.35. The van der Waals surface area contributed by atoms with Crippen LogP contribution in [0, 0.1) is 5.92 Å². The molecule has 3 saturated heterocycles. The van der Waals surface area contributed by atoms with Crippen LogP contribution in [0.3, 0.4) is 0 Å². The minimum Gasteiger partial charge on any atom is -0.445 e. The van der Waals surface area contributed by atoms with Gasteiger partial charge in [-0.3, -0.25) is 0 Å². The van der Waals surface area contributed by atoms with Crippen LogP contribution >= 0.6 is 0 Å². The molecule has 4 aliphatic rings. The van der Waals surface area contributed by atoms with Crippen molar-refractivity contribution in [3.8, 4) is 0 Å². The Bertz CT molecular complexity index is 978. The van der Waals surface area contributed by atoms with Crippen LogP contribution in [0.4, 0.5) is 14.4 Å². The summed E-state index contributed by atoms with van der Waals surface area (Å²) in [6, 6.07) is 7.81. The normalized spacial score (nSPS) is 39.4. The third kappa shape index (κ3) is 4.91. The minimum atomic E-state index is -1.31. The average molecular weight is 507 g/mol. The van der Waals surface area contributed by atoms with Gasteiger partial charge in [0.05, 0.1) is 18.6 Å². The lowest BCUT2D eigenvalue weighted by Gasteiger charge is -2.47. The monoisotopic (exact) mass is 507 g/mol. The first-order valence-electron chi connectivity index (χ1n) is 11.9. The minimum absolute atomic E-state index is 0.0448. The van der Waals surface area contributed by atoms with Crippen molar-refractivity contribution in [2.45, 2.75) is 74.9 Å². The molecule has 0 aromatic heterocycles. The summed E-state index contributed by atoms with van der Waals surface area (Å²) < 4.78 is 27.8. The molecule has 3 amide bonds. The summed E-state index contributed by atoms with van der Waals surface area (Å²) in [5.41, 5.74) is 0.801. The maximum absolute atomic E-state index is 12.6. The van der Waals surface area contributed by atoms with Crippen LogP contribution in [0.1, 0.15) is 18.9 Å². The van der Waals surface area contributed by atoms with E-state index in [1.54, 1.807) is 6.92 Å². The molecule has 10 atom stereocenters. The molecule has 3 heterocycles. The van der Waals surface area contributed by atoms with Gasteiger partial charge in [0.25, 0.3) is 0 Å². The Balaban J connectivity index is 1.29. The summed E-state index contributed by atoms with van der Waals surface area (Å²) in [7, 11) is 0. The zero-order valence-corrected chi connectivity index (χ0v) is 19.4. The fraction of sp³-hybridized carbons (Fsp3) is 0.609. The second-order valence-corrected chi connectivity index (χ2v) is 9.40. The summed E-state index contributed by atoms with van der Waals surface area (Å²) >= 11 is 0. The lowest BCUT2D eigenvalue weighted by atomic mass is 9.83. The van der Waals surface area contributed by atoms with Gasteiger partial charge in [0, 0.05) is 5.92 Å². The van der Waals surface area contributed by atoms with E-state index in [9.17, 15) is 24.6 Å². The predicted molar refractivity (Wildman–Crippen MR) is 118 cm³/mol. The highest BCUT2D eigenvalue weighted by atomic mass is 16.7. The van der Waals surface area contributed by atoms with Crippen molar-refractivity contribution < 1.29 is 48.3 Å². The van der Waals surface area contributed by atoms with Gasteiger partial charge in [-0.2, -0.15) is 0 Å². The van der Waals surface area contributed by atoms with E-state index in [1.807, 2.05) is 30.3 Å². The number of amides is 3. The number of ether oxygens (including phenoxy) is 5. The van der Waals surface area contributed by atoms with E-state index in [1.165, 1.54) is 0 Å². The van der Waals surface area contributed by atoms with E-state index in [0.29, 0.717) is 0 Å². The van der Waals surface area contributed by atoms with Crippen LogP contribution in [0.2, 0.25) is 0 Å². The molecule has 13 heteroatoms. The molecule has 36 heavy (non-hydrogen) atoms. The van der Waals surface area contributed by atoms with Gasteiger partial charge >= 0.3 is 18.3 Å². The molecule has 1 aromatic carbocycles. The number of benzene rings is 1. The first-order chi connectivity index (χ1) is 17.3. The molecule has 0 bridgehead atoms. The van der Waals surface area contributed by atoms with Crippen molar-refractivity contribution in [1.29, 1.82) is 0 Å². The van der Waals surface area contributed by atoms with Gasteiger partial charge < -0.3 is 49.8 Å². The number of aliphatic hydroxyl groups excluding tert-OH is 2. The molecule has 196 valence electrons. The topological polar surface area (TPSA) is 174 Å². The first kappa shape index (κ1) is 24.6. The Morgan fingerprint density at radius 2 is 1.86 bits per heavy atom. The molecule has 0 radical (unpaired) electrons. The molecule has 5 N–H and O–H groups in total. The summed E-state index contributed by atoms with van der Waals surface area (Å²) in [5.74, 6) is -0.642. The molecular weight excluding hydrogens is 478 g/mol. The van der Waals surface area contributed by atoms with Crippen molar-refractivity contribution in [2.24, 2.45) is 5.92 Å². The second-order valence-electron chi connectivity index (χ2n) is 9.40. The van der Waals surface area contributed by atoms with E-state index in [2.05, 4.69) is 16.0 Å². The summed E-state index contributed by atoms with van der Waals surface area (Å²) in [6.07, 6.45) is -8.74. The van der Waals surface area contributed by atoms with Crippen LogP contribution in [-0.4, -0.2) is 90.0 Å². The zero-order chi connectivity index (χ0) is 25.4. The maximum Gasteiger partial charge on any atom is 0.407 e. The Kier molecular flexibility index (Phi) is 6.88. The standard InChI is InChI=1S/C23H29N3O10/c1-10-15(27)19-14(8-24-21(29)36-19)33-20(10)34-17-12(7-13-18(16(17)28)35-23(31)26-13)25-22(30)32-9-11-5-3-2-4-6-11/h2-6,10,12-20,27-28H,7-9H2,1H3,(H,24,29)(H,25,30)(H,26,31)/t10?,12?,13-,14?,15-,16+,17-,18?,19-,20-/m1/s1. The number of aliphatic hydroxyl groups is 2. The molecule has 1 aliphatic carbocycles. The lowest BCUT2D eigenvalue weighted by Crippen LogP contribution is -2.66. The van der Waals surface area contributed by atoms with Crippen molar-refractivity contribution in [1.82, 2.24) is 16.0 Å². The number of hydrogen-bond acceptors (Lipinski definition) is 10. The number of alkyl carbamates (subject to hydrolysis) is 3. The summed E-state index contributed by atoms with van der Waals surface area (Å²) in [5, 5.41) is 29.7. The number of hydrogen-bond donors (Lipinski definition) is 5. The van der Waals surface area contributed by atoms with Crippen LogP contribution in [0.25, 0.3) is 0 Å². The number of fused-ring (bicyclic) bond motifs is 2. The van der Waals surface area contributed by atoms with E-state index < -0.39 is 79.2 Å². The van der Waals surface area contributed by atoms with Gasteiger partial charge in [-0.15, -0.1) is 0 Å². The average Bonchev–Trinajstić information content (AvgIpc) is 3.24. The highest BCUT2D eigenvalue weighted by Gasteiger charge is 2.54. The van der Waals surface area contributed by atoms with Crippen LogP contribution < -0.4 is 16.0 Å². The Morgan fingerprint density at radius 3 is 2.64 bits per heavy atom. The third-order valence-corrected chi connectivity index (χ3v) is 7.00. The molecule has 13 nitrogen and oxygen atoms in total. The van der Waals surface area contributed by atoms with E-state index in [4.69, 9.17) is 23.7 Å². The fourth-order valence-corrected chi connectivity index (χ4v) is 5.06. The summed E-state index contributed by atoms with van der Waals surface area (Å²) in [6.45, 7) is 1.82. The second kappa shape index (κ2) is 10.1. The van der Waals surface area contributed by atoms with Gasteiger partial charge in [-0.1, -0.05) is 37.3 Å². The van der Waals surface area contributed by atoms with Gasteiger partial charge in [-0.05, 0) is 12.0 Å². The van der Waals surface area contributed by atoms with Crippen molar-refractivity contribution >= 4 is 18.3 Å². The Labute approximate surface area is 206 Å². The van der Waals surface area contributed by atoms with E-state index >= 15 is 0 Å². The molecule has 3 aliphatic heterocycles. The smallest absolute Gasteiger partial charge is 0.407 e.